The van der Waals surface area contributed by atoms with Gasteiger partial charge in [-0.2, -0.15) is 0 Å². The van der Waals surface area contributed by atoms with Crippen molar-refractivity contribution in [3.8, 4) is 0 Å². The highest BCUT2D eigenvalue weighted by molar-refractivity contribution is 8.02. The van der Waals surface area contributed by atoms with Gasteiger partial charge < -0.3 is 0 Å². The lowest BCUT2D eigenvalue weighted by molar-refractivity contribution is 0.719. The zero-order valence-corrected chi connectivity index (χ0v) is 12.8. The minimum Gasteiger partial charge on any atom is -0.131 e. The van der Waals surface area contributed by atoms with E-state index in [0.29, 0.717) is 5.92 Å². The van der Waals surface area contributed by atoms with Crippen molar-refractivity contribution < 1.29 is 0 Å². The number of hydrogen-bond donors (Lipinski definition) is 0. The monoisotopic (exact) mass is 262 g/mol. The van der Waals surface area contributed by atoms with Gasteiger partial charge in [0.05, 0.1) is 0 Å². The lowest BCUT2D eigenvalue weighted by Crippen LogP contribution is -2.26. The topological polar surface area (TPSA) is 0 Å². The SMILES string of the molecule is C[Si](C)(C)C[C@@H]1C[C@H](c2ccccc2)C=CS1. The van der Waals surface area contributed by atoms with E-state index in [2.05, 4.69) is 61.5 Å². The summed E-state index contributed by atoms with van der Waals surface area (Å²) in [7, 11) is -0.930. The maximum Gasteiger partial charge on any atom is 0.0453 e. The molecule has 0 fully saturated rings. The predicted octanol–water partition coefficient (Wildman–Crippen LogP) is 5.13. The standard InChI is InChI=1S/C15H22SSi/c1-17(2,3)12-15-11-14(9-10-16-15)13-7-5-4-6-8-13/h4-10,14-15H,11-12H2,1-3H3/t14-,15+/m1/s1. The fraction of sp³-hybridized carbons (Fsp3) is 0.467. The number of benzene rings is 1. The van der Waals surface area contributed by atoms with Crippen molar-refractivity contribution in [3.63, 3.8) is 0 Å². The zero-order valence-electron chi connectivity index (χ0n) is 11.0. The Bertz CT molecular complexity index is 378. The molecule has 0 N–H and O–H groups in total. The Morgan fingerprint density at radius 3 is 2.53 bits per heavy atom. The van der Waals surface area contributed by atoms with Crippen LogP contribution < -0.4 is 0 Å². The van der Waals surface area contributed by atoms with Crippen molar-refractivity contribution in [1.29, 1.82) is 0 Å². The summed E-state index contributed by atoms with van der Waals surface area (Å²) in [5, 5.41) is 3.16. The van der Waals surface area contributed by atoms with Crippen molar-refractivity contribution in [2.45, 2.75) is 43.3 Å². The van der Waals surface area contributed by atoms with Crippen molar-refractivity contribution >= 4 is 19.8 Å². The zero-order chi connectivity index (χ0) is 12.3. The second kappa shape index (κ2) is 5.45. The third-order valence-electron chi connectivity index (χ3n) is 3.17. The largest absolute Gasteiger partial charge is 0.131 e. The van der Waals surface area contributed by atoms with E-state index in [4.69, 9.17) is 0 Å². The first-order valence-corrected chi connectivity index (χ1v) is 11.1. The van der Waals surface area contributed by atoms with Gasteiger partial charge in [0.2, 0.25) is 0 Å². The maximum atomic E-state index is 2.48. The highest BCUT2D eigenvalue weighted by Crippen LogP contribution is 2.37. The Morgan fingerprint density at radius 2 is 1.88 bits per heavy atom. The van der Waals surface area contributed by atoms with E-state index in [1.165, 1.54) is 18.0 Å². The van der Waals surface area contributed by atoms with Gasteiger partial charge in [0.15, 0.2) is 0 Å². The molecular weight excluding hydrogens is 240 g/mol. The van der Waals surface area contributed by atoms with Crippen LogP contribution >= 0.6 is 11.8 Å². The maximum absolute atomic E-state index is 2.48. The minimum absolute atomic E-state index is 0.638. The van der Waals surface area contributed by atoms with Crippen LogP contribution in [0.4, 0.5) is 0 Å². The lowest BCUT2D eigenvalue weighted by atomic mass is 9.94. The molecule has 1 aromatic carbocycles. The van der Waals surface area contributed by atoms with Crippen LogP contribution in [0.2, 0.25) is 25.7 Å². The molecule has 0 radical (unpaired) electrons. The van der Waals surface area contributed by atoms with Gasteiger partial charge in [-0.3, -0.25) is 0 Å². The third-order valence-corrected chi connectivity index (χ3v) is 6.24. The van der Waals surface area contributed by atoms with Crippen LogP contribution in [0.25, 0.3) is 0 Å². The first kappa shape index (κ1) is 13.0. The average Bonchev–Trinajstić information content (AvgIpc) is 2.28. The van der Waals surface area contributed by atoms with E-state index < -0.39 is 8.07 Å². The summed E-state index contributed by atoms with van der Waals surface area (Å²) in [6, 6.07) is 12.4. The van der Waals surface area contributed by atoms with Crippen LogP contribution in [0.5, 0.6) is 0 Å². The Kier molecular flexibility index (Phi) is 4.16. The fourth-order valence-electron chi connectivity index (χ4n) is 2.43. The van der Waals surface area contributed by atoms with Crippen molar-refractivity contribution in [1.82, 2.24) is 0 Å². The van der Waals surface area contributed by atoms with Crippen LogP contribution in [0, 0.1) is 0 Å². The lowest BCUT2D eigenvalue weighted by Gasteiger charge is -2.29. The first-order valence-electron chi connectivity index (χ1n) is 6.42. The van der Waals surface area contributed by atoms with Gasteiger partial charge in [0.25, 0.3) is 0 Å². The molecule has 0 amide bonds. The molecule has 0 bridgehead atoms. The highest BCUT2D eigenvalue weighted by atomic mass is 32.2. The van der Waals surface area contributed by atoms with Gasteiger partial charge >= 0.3 is 0 Å². The minimum atomic E-state index is -0.930. The van der Waals surface area contributed by atoms with Gasteiger partial charge in [0.1, 0.15) is 0 Å². The van der Waals surface area contributed by atoms with E-state index in [1.807, 2.05) is 11.8 Å². The molecule has 17 heavy (non-hydrogen) atoms. The summed E-state index contributed by atoms with van der Waals surface area (Å²) >= 11 is 2.04. The molecule has 92 valence electrons. The Morgan fingerprint density at radius 1 is 1.18 bits per heavy atom. The van der Waals surface area contributed by atoms with Gasteiger partial charge in [-0.05, 0) is 23.4 Å². The molecular formula is C15H22SSi. The van der Waals surface area contributed by atoms with E-state index in [9.17, 15) is 0 Å². The molecule has 2 heteroatoms. The van der Waals surface area contributed by atoms with Gasteiger partial charge in [-0.15, -0.1) is 11.8 Å². The molecule has 1 aromatic rings. The summed E-state index contributed by atoms with van der Waals surface area (Å²) in [4.78, 5) is 0. The second-order valence-corrected chi connectivity index (χ2v) is 12.8. The van der Waals surface area contributed by atoms with Crippen LogP contribution in [-0.4, -0.2) is 13.3 Å². The summed E-state index contributed by atoms with van der Waals surface area (Å²) < 4.78 is 0. The van der Waals surface area contributed by atoms with Crippen molar-refractivity contribution in [2.24, 2.45) is 0 Å². The molecule has 0 saturated carbocycles. The summed E-state index contributed by atoms with van der Waals surface area (Å²) in [5.74, 6) is 0.638. The van der Waals surface area contributed by atoms with Gasteiger partial charge in [0, 0.05) is 19.2 Å². The highest BCUT2D eigenvalue weighted by Gasteiger charge is 2.25. The van der Waals surface area contributed by atoms with E-state index in [0.717, 1.165) is 5.25 Å². The van der Waals surface area contributed by atoms with Crippen molar-refractivity contribution in [3.05, 3.63) is 47.4 Å². The summed E-state index contributed by atoms with van der Waals surface area (Å²) in [6.07, 6.45) is 3.69. The quantitative estimate of drug-likeness (QED) is 0.681. The molecule has 0 spiro atoms. The van der Waals surface area contributed by atoms with E-state index in [1.54, 1.807) is 0 Å². The van der Waals surface area contributed by atoms with Crippen LogP contribution in [0.1, 0.15) is 17.9 Å². The van der Waals surface area contributed by atoms with E-state index in [-0.39, 0.29) is 0 Å². The Labute approximate surface area is 111 Å². The third kappa shape index (κ3) is 4.04. The molecule has 0 nitrogen and oxygen atoms in total. The number of hydrogen-bond acceptors (Lipinski definition) is 1. The Hall–Kier alpha value is -0.473. The van der Waals surface area contributed by atoms with Gasteiger partial charge in [-0.25, -0.2) is 0 Å². The average molecular weight is 262 g/mol. The van der Waals surface area contributed by atoms with Crippen LogP contribution in [-0.2, 0) is 0 Å². The molecule has 0 saturated heterocycles. The summed E-state index contributed by atoms with van der Waals surface area (Å²) in [5.41, 5.74) is 1.48. The molecule has 2 atom stereocenters. The van der Waals surface area contributed by atoms with Crippen LogP contribution in [0.15, 0.2) is 41.8 Å². The van der Waals surface area contributed by atoms with Crippen molar-refractivity contribution in [2.75, 3.05) is 0 Å². The Balaban J connectivity index is 2.03. The second-order valence-electron chi connectivity index (χ2n) is 6.10. The number of allylic oxidation sites excluding steroid dienone is 1. The van der Waals surface area contributed by atoms with Gasteiger partial charge in [-0.1, -0.05) is 56.0 Å². The fourth-order valence-corrected chi connectivity index (χ4v) is 6.67. The first-order chi connectivity index (χ1) is 8.04. The molecule has 0 unspecified atom stereocenters. The predicted molar refractivity (Wildman–Crippen MR) is 82.5 cm³/mol. The number of thioether (sulfide) groups is 1. The van der Waals surface area contributed by atoms with Crippen LogP contribution in [0.3, 0.4) is 0 Å². The molecule has 1 aliphatic heterocycles. The molecule has 0 aromatic heterocycles. The molecule has 1 heterocycles. The normalized spacial score (nSPS) is 24.9. The molecule has 1 aliphatic rings. The number of rotatable bonds is 3. The summed E-state index contributed by atoms with van der Waals surface area (Å²) in [6.45, 7) is 7.43. The van der Waals surface area contributed by atoms with E-state index >= 15 is 0 Å². The smallest absolute Gasteiger partial charge is 0.0453 e. The molecule has 2 rings (SSSR count). The molecule has 0 aliphatic carbocycles.